The van der Waals surface area contributed by atoms with Crippen molar-refractivity contribution in [2.75, 3.05) is 7.11 Å². The van der Waals surface area contributed by atoms with Crippen molar-refractivity contribution >= 4 is 11.8 Å². The monoisotopic (exact) mass is 456 g/mol. The summed E-state index contributed by atoms with van der Waals surface area (Å²) in [5, 5.41) is 19.9. The van der Waals surface area contributed by atoms with E-state index >= 15 is 0 Å². The van der Waals surface area contributed by atoms with Crippen molar-refractivity contribution in [2.45, 2.75) is 84.3 Å². The number of carbonyl (C=O) groups excluding carboxylic acids is 2. The molecule has 3 aliphatic rings. The summed E-state index contributed by atoms with van der Waals surface area (Å²) in [6.07, 6.45) is 14.0. The largest absolute Gasteiger partial charge is 0.468 e. The number of rotatable bonds is 6. The number of ether oxygens (including phenoxy) is 1. The zero-order chi connectivity index (χ0) is 24.4. The third-order valence-electron chi connectivity index (χ3n) is 8.25. The van der Waals surface area contributed by atoms with Crippen LogP contribution in [0.25, 0.3) is 0 Å². The second-order valence-electron chi connectivity index (χ2n) is 10.9. The number of aliphatic hydroxyl groups excluding tert-OH is 2. The molecule has 0 spiro atoms. The van der Waals surface area contributed by atoms with Crippen LogP contribution in [0.5, 0.6) is 0 Å². The molecule has 0 unspecified atom stereocenters. The Morgan fingerprint density at radius 1 is 1.12 bits per heavy atom. The molecule has 3 fully saturated rings. The molecule has 0 saturated heterocycles. The van der Waals surface area contributed by atoms with Gasteiger partial charge >= 0.3 is 5.97 Å². The molecule has 0 heterocycles. The molecular formula is C28H40O5. The van der Waals surface area contributed by atoms with Crippen molar-refractivity contribution in [3.63, 3.8) is 0 Å². The second kappa shape index (κ2) is 10.1. The van der Waals surface area contributed by atoms with E-state index in [-0.39, 0.29) is 11.2 Å². The molecule has 0 radical (unpaired) electrons. The van der Waals surface area contributed by atoms with Crippen LogP contribution in [0.2, 0.25) is 0 Å². The van der Waals surface area contributed by atoms with Crippen LogP contribution >= 0.6 is 0 Å². The van der Waals surface area contributed by atoms with Gasteiger partial charge in [0.15, 0.2) is 5.78 Å². The maximum atomic E-state index is 12.6. The highest BCUT2D eigenvalue weighted by atomic mass is 16.5. The molecule has 0 aromatic rings. The van der Waals surface area contributed by atoms with Crippen LogP contribution in [-0.2, 0) is 14.3 Å². The third kappa shape index (κ3) is 5.41. The molecule has 0 aromatic carbocycles. The highest BCUT2D eigenvalue weighted by Gasteiger charge is 2.49. The predicted molar refractivity (Wildman–Crippen MR) is 129 cm³/mol. The van der Waals surface area contributed by atoms with E-state index in [1.54, 1.807) is 19.9 Å². The number of allylic oxidation sites excluding steroid dienone is 6. The number of fused-ring (bicyclic) bond motifs is 1. The quantitative estimate of drug-likeness (QED) is 0.259. The van der Waals surface area contributed by atoms with E-state index in [4.69, 9.17) is 4.74 Å². The van der Waals surface area contributed by atoms with Gasteiger partial charge in [0, 0.05) is 0 Å². The Labute approximate surface area is 198 Å². The zero-order valence-electron chi connectivity index (χ0n) is 20.6. The molecule has 3 saturated carbocycles. The average molecular weight is 457 g/mol. The topological polar surface area (TPSA) is 83.8 Å². The Hall–Kier alpha value is -1.98. The first kappa shape index (κ1) is 25.6. The van der Waals surface area contributed by atoms with Crippen LogP contribution in [0, 0.1) is 22.7 Å². The van der Waals surface area contributed by atoms with Gasteiger partial charge < -0.3 is 14.9 Å². The summed E-state index contributed by atoms with van der Waals surface area (Å²) in [5.74, 6) is -0.0471. The van der Waals surface area contributed by atoms with Gasteiger partial charge in [-0.15, -0.1) is 0 Å². The summed E-state index contributed by atoms with van der Waals surface area (Å²) in [6, 6.07) is 0. The number of ketones is 1. The average Bonchev–Trinajstić information content (AvgIpc) is 3.11. The van der Waals surface area contributed by atoms with Gasteiger partial charge in [-0.25, -0.2) is 0 Å². The van der Waals surface area contributed by atoms with E-state index in [0.29, 0.717) is 31.1 Å². The van der Waals surface area contributed by atoms with Gasteiger partial charge in [-0.1, -0.05) is 48.5 Å². The van der Waals surface area contributed by atoms with Gasteiger partial charge in [-0.2, -0.15) is 0 Å². The summed E-state index contributed by atoms with van der Waals surface area (Å²) >= 11 is 0. The predicted octanol–water partition coefficient (Wildman–Crippen LogP) is 4.84. The molecule has 182 valence electrons. The maximum absolute atomic E-state index is 12.6. The summed E-state index contributed by atoms with van der Waals surface area (Å²) < 4.78 is 4.76. The van der Waals surface area contributed by atoms with E-state index in [2.05, 4.69) is 25.7 Å². The third-order valence-corrected chi connectivity index (χ3v) is 8.25. The SMILES string of the molecule is C=C(/C=C/C(=O)C(C)(C)C(=O)OC)[C@H]1CC[C@H]2/C(=C/C=C3C[C@@H](O)C[C@H](O)C3)CCC[C@]12C. The van der Waals surface area contributed by atoms with E-state index in [1.165, 1.54) is 18.8 Å². The van der Waals surface area contributed by atoms with Gasteiger partial charge in [-0.05, 0) is 88.5 Å². The molecule has 0 aromatic heterocycles. The second-order valence-corrected chi connectivity index (χ2v) is 10.9. The van der Waals surface area contributed by atoms with Gasteiger partial charge in [-0.3, -0.25) is 9.59 Å². The lowest BCUT2D eigenvalue weighted by Crippen LogP contribution is -2.34. The minimum atomic E-state index is -1.21. The van der Waals surface area contributed by atoms with Crippen LogP contribution in [0.15, 0.2) is 47.6 Å². The molecule has 5 nitrogen and oxygen atoms in total. The Morgan fingerprint density at radius 3 is 2.42 bits per heavy atom. The molecule has 3 aliphatic carbocycles. The molecule has 0 aliphatic heterocycles. The molecule has 0 amide bonds. The lowest BCUT2D eigenvalue weighted by molar-refractivity contribution is -0.154. The molecular weight excluding hydrogens is 416 g/mol. The standard InChI is InChI=1S/C28H40O5/c1-18(8-13-25(31)27(2,3)26(32)33-5)23-11-12-24-20(7-6-14-28(23,24)4)10-9-19-15-21(29)17-22(30)16-19/h8-10,13,21-24,29-30H,1,6-7,11-12,14-17H2,2-5H3/b13-8+,20-10+/t21-,22-,23-,24+,28-/m1/s1. The fourth-order valence-corrected chi connectivity index (χ4v) is 6.24. The van der Waals surface area contributed by atoms with Crippen molar-refractivity contribution in [2.24, 2.45) is 22.7 Å². The molecule has 33 heavy (non-hydrogen) atoms. The lowest BCUT2D eigenvalue weighted by atomic mass is 9.62. The van der Waals surface area contributed by atoms with Crippen LogP contribution in [-0.4, -0.2) is 41.3 Å². The molecule has 3 rings (SSSR count). The Bertz CT molecular complexity index is 865. The fourth-order valence-electron chi connectivity index (χ4n) is 6.24. The summed E-state index contributed by atoms with van der Waals surface area (Å²) in [6.45, 7) is 9.82. The van der Waals surface area contributed by atoms with Gasteiger partial charge in [0.1, 0.15) is 5.41 Å². The van der Waals surface area contributed by atoms with Crippen molar-refractivity contribution in [1.82, 2.24) is 0 Å². The summed E-state index contributed by atoms with van der Waals surface area (Å²) in [7, 11) is 1.29. The first-order valence-electron chi connectivity index (χ1n) is 12.2. The first-order valence-corrected chi connectivity index (χ1v) is 12.2. The number of hydrogen-bond acceptors (Lipinski definition) is 5. The fraction of sp³-hybridized carbons (Fsp3) is 0.643. The Balaban J connectivity index is 1.73. The zero-order valence-corrected chi connectivity index (χ0v) is 20.6. The maximum Gasteiger partial charge on any atom is 0.319 e. The molecule has 0 bridgehead atoms. The highest BCUT2D eigenvalue weighted by Crippen LogP contribution is 2.59. The van der Waals surface area contributed by atoms with Crippen LogP contribution in [0.3, 0.4) is 0 Å². The number of carbonyl (C=O) groups is 2. The minimum Gasteiger partial charge on any atom is -0.468 e. The number of esters is 1. The summed E-state index contributed by atoms with van der Waals surface area (Å²) in [4.78, 5) is 24.5. The van der Waals surface area contributed by atoms with Crippen molar-refractivity contribution in [3.8, 4) is 0 Å². The van der Waals surface area contributed by atoms with Crippen LogP contribution < -0.4 is 0 Å². The van der Waals surface area contributed by atoms with Crippen molar-refractivity contribution in [3.05, 3.63) is 47.6 Å². The smallest absolute Gasteiger partial charge is 0.319 e. The van der Waals surface area contributed by atoms with E-state index in [9.17, 15) is 19.8 Å². The highest BCUT2D eigenvalue weighted by molar-refractivity contribution is 6.08. The molecule has 5 atom stereocenters. The van der Waals surface area contributed by atoms with E-state index in [0.717, 1.165) is 43.3 Å². The van der Waals surface area contributed by atoms with Gasteiger partial charge in [0.2, 0.25) is 0 Å². The van der Waals surface area contributed by atoms with Crippen molar-refractivity contribution in [1.29, 1.82) is 0 Å². The number of methoxy groups -OCH3 is 1. The van der Waals surface area contributed by atoms with Crippen molar-refractivity contribution < 1.29 is 24.5 Å². The molecule has 5 heteroatoms. The van der Waals surface area contributed by atoms with Gasteiger partial charge in [0.05, 0.1) is 19.3 Å². The Morgan fingerprint density at radius 2 is 1.79 bits per heavy atom. The minimum absolute atomic E-state index is 0.0938. The van der Waals surface area contributed by atoms with Crippen LogP contribution in [0.4, 0.5) is 0 Å². The number of hydrogen-bond donors (Lipinski definition) is 2. The molecule has 2 N–H and O–H groups in total. The van der Waals surface area contributed by atoms with Crippen LogP contribution in [0.1, 0.15) is 72.1 Å². The van der Waals surface area contributed by atoms with E-state index < -0.39 is 23.6 Å². The van der Waals surface area contributed by atoms with E-state index in [1.807, 2.05) is 0 Å². The van der Waals surface area contributed by atoms with Gasteiger partial charge in [0.25, 0.3) is 0 Å². The Kier molecular flexibility index (Phi) is 7.85. The normalized spacial score (nSPS) is 33.8. The summed E-state index contributed by atoms with van der Waals surface area (Å²) in [5.41, 5.74) is 2.41. The first-order chi connectivity index (χ1) is 15.5. The number of aliphatic hydroxyl groups is 2. The lowest BCUT2D eigenvalue weighted by Gasteiger charge is -2.42.